The number of hydrogen-bond donors (Lipinski definition) is 1. The molecule has 230 valence electrons. The van der Waals surface area contributed by atoms with Crippen molar-refractivity contribution in [3.8, 4) is 0 Å². The zero-order valence-electron chi connectivity index (χ0n) is 25.1. The van der Waals surface area contributed by atoms with E-state index in [0.717, 1.165) is 53.1 Å². The van der Waals surface area contributed by atoms with Crippen molar-refractivity contribution in [2.45, 2.75) is 83.3 Å². The van der Waals surface area contributed by atoms with Gasteiger partial charge in [-0.05, 0) is 88.1 Å². The van der Waals surface area contributed by atoms with Gasteiger partial charge in [-0.15, -0.1) is 0 Å². The van der Waals surface area contributed by atoms with Crippen LogP contribution in [0.4, 0.5) is 5.69 Å². The Balaban J connectivity index is 1.73. The summed E-state index contributed by atoms with van der Waals surface area (Å²) >= 11 is 13.0. The summed E-state index contributed by atoms with van der Waals surface area (Å²) in [5, 5.41) is 3.80. The third-order valence-corrected chi connectivity index (χ3v) is 10.7. The highest BCUT2D eigenvalue weighted by atomic mass is 35.5. The number of amides is 2. The first kappa shape index (κ1) is 32.8. The Labute approximate surface area is 265 Å². The molecular weight excluding hydrogens is 605 g/mol. The van der Waals surface area contributed by atoms with Crippen LogP contribution in [0.15, 0.2) is 65.6 Å². The maximum Gasteiger partial charge on any atom is 0.264 e. The van der Waals surface area contributed by atoms with Crippen LogP contribution in [0.3, 0.4) is 0 Å². The van der Waals surface area contributed by atoms with Crippen molar-refractivity contribution >= 4 is 50.7 Å². The minimum atomic E-state index is -4.15. The van der Waals surface area contributed by atoms with E-state index in [-0.39, 0.29) is 23.4 Å². The van der Waals surface area contributed by atoms with E-state index in [1.54, 1.807) is 49.4 Å². The minimum absolute atomic E-state index is 0.0403. The van der Waals surface area contributed by atoms with Gasteiger partial charge in [0.15, 0.2) is 0 Å². The van der Waals surface area contributed by atoms with Crippen LogP contribution in [0.5, 0.6) is 0 Å². The van der Waals surface area contributed by atoms with Gasteiger partial charge in [0.25, 0.3) is 10.0 Å². The van der Waals surface area contributed by atoms with Gasteiger partial charge < -0.3 is 10.2 Å². The van der Waals surface area contributed by atoms with Crippen LogP contribution in [0.25, 0.3) is 0 Å². The van der Waals surface area contributed by atoms with Gasteiger partial charge in [0.1, 0.15) is 12.6 Å². The molecule has 1 saturated carbocycles. The Hall–Kier alpha value is -3.07. The number of aryl methyl sites for hydroxylation is 3. The van der Waals surface area contributed by atoms with Gasteiger partial charge in [0, 0.05) is 28.2 Å². The van der Waals surface area contributed by atoms with Gasteiger partial charge in [-0.3, -0.25) is 13.9 Å². The number of benzene rings is 3. The zero-order valence-corrected chi connectivity index (χ0v) is 27.4. The fraction of sp³-hybridized carbons (Fsp3) is 0.394. The number of nitrogens with one attached hydrogen (secondary N) is 1. The summed E-state index contributed by atoms with van der Waals surface area (Å²) in [6, 6.07) is 15.9. The van der Waals surface area contributed by atoms with E-state index in [0.29, 0.717) is 21.3 Å². The van der Waals surface area contributed by atoms with Gasteiger partial charge in [0.05, 0.1) is 10.6 Å². The summed E-state index contributed by atoms with van der Waals surface area (Å²) in [5.41, 5.74) is 3.62. The normalized spacial score (nSPS) is 14.7. The van der Waals surface area contributed by atoms with Crippen LogP contribution in [0, 0.1) is 20.8 Å². The van der Waals surface area contributed by atoms with Crippen molar-refractivity contribution < 1.29 is 18.0 Å². The Bertz CT molecular complexity index is 1550. The topological polar surface area (TPSA) is 86.8 Å². The number of hydrogen-bond acceptors (Lipinski definition) is 4. The maximum atomic E-state index is 14.2. The molecular formula is C33H39Cl2N3O4S. The first-order valence-electron chi connectivity index (χ1n) is 14.6. The lowest BCUT2D eigenvalue weighted by Gasteiger charge is -2.33. The molecule has 0 radical (unpaired) electrons. The molecule has 7 nitrogen and oxygen atoms in total. The van der Waals surface area contributed by atoms with Crippen molar-refractivity contribution in [2.75, 3.05) is 10.8 Å². The predicted molar refractivity (Wildman–Crippen MR) is 173 cm³/mol. The maximum absolute atomic E-state index is 14.2. The van der Waals surface area contributed by atoms with E-state index in [1.165, 1.54) is 17.0 Å². The molecule has 0 aromatic heterocycles. The van der Waals surface area contributed by atoms with E-state index in [4.69, 9.17) is 23.2 Å². The van der Waals surface area contributed by atoms with Crippen LogP contribution in [-0.2, 0) is 26.2 Å². The Morgan fingerprint density at radius 1 is 0.907 bits per heavy atom. The molecule has 0 bridgehead atoms. The molecule has 4 rings (SSSR count). The van der Waals surface area contributed by atoms with Crippen molar-refractivity contribution in [3.05, 3.63) is 93.0 Å². The third kappa shape index (κ3) is 7.91. The molecule has 10 heteroatoms. The van der Waals surface area contributed by atoms with Crippen LogP contribution in [-0.4, -0.2) is 43.8 Å². The molecule has 1 fully saturated rings. The highest BCUT2D eigenvalue weighted by Crippen LogP contribution is 2.29. The Kier molecular flexibility index (Phi) is 10.8. The van der Waals surface area contributed by atoms with Gasteiger partial charge in [0.2, 0.25) is 11.8 Å². The van der Waals surface area contributed by atoms with Crippen molar-refractivity contribution in [1.82, 2.24) is 10.2 Å². The summed E-state index contributed by atoms with van der Waals surface area (Å²) in [5.74, 6) is -0.862. The van der Waals surface area contributed by atoms with Crippen LogP contribution >= 0.6 is 23.2 Å². The fourth-order valence-electron chi connectivity index (χ4n) is 5.25. The number of carbonyl (C=O) groups is 2. The van der Waals surface area contributed by atoms with Crippen LogP contribution < -0.4 is 9.62 Å². The monoisotopic (exact) mass is 643 g/mol. The summed E-state index contributed by atoms with van der Waals surface area (Å²) in [6.07, 6.45) is 5.00. The van der Waals surface area contributed by atoms with E-state index >= 15 is 0 Å². The molecule has 0 spiro atoms. The summed E-state index contributed by atoms with van der Waals surface area (Å²) in [4.78, 5) is 29.2. The number of carbonyl (C=O) groups excluding carboxylic acids is 2. The second kappa shape index (κ2) is 14.1. The fourth-order valence-corrected chi connectivity index (χ4v) is 7.17. The van der Waals surface area contributed by atoms with Crippen LogP contribution in [0.1, 0.15) is 61.3 Å². The average molecular weight is 645 g/mol. The first-order valence-corrected chi connectivity index (χ1v) is 16.8. The summed E-state index contributed by atoms with van der Waals surface area (Å²) in [7, 11) is -4.15. The lowest BCUT2D eigenvalue weighted by molar-refractivity contribution is -0.139. The number of anilines is 1. The molecule has 1 N–H and O–H groups in total. The minimum Gasteiger partial charge on any atom is -0.352 e. The summed E-state index contributed by atoms with van der Waals surface area (Å²) in [6.45, 7) is 6.75. The molecule has 43 heavy (non-hydrogen) atoms. The summed E-state index contributed by atoms with van der Waals surface area (Å²) < 4.78 is 29.2. The lowest BCUT2D eigenvalue weighted by atomic mass is 9.95. The van der Waals surface area contributed by atoms with E-state index < -0.39 is 28.5 Å². The SMILES string of the molecule is Cc1ccc(S(=O)(=O)N(CC(=O)N(Cc2c(Cl)cccc2Cl)[C@H](C)C(=O)NC2CCCCC2)c2ccc(C)c(C)c2)cc1. The van der Waals surface area contributed by atoms with Gasteiger partial charge in [-0.1, -0.05) is 72.3 Å². The quantitative estimate of drug-likeness (QED) is 0.258. The third-order valence-electron chi connectivity index (χ3n) is 8.18. The predicted octanol–water partition coefficient (Wildman–Crippen LogP) is 6.98. The molecule has 1 aliphatic rings. The zero-order chi connectivity index (χ0) is 31.3. The molecule has 0 saturated heterocycles. The molecule has 1 aliphatic carbocycles. The van der Waals surface area contributed by atoms with Gasteiger partial charge in [-0.2, -0.15) is 0 Å². The smallest absolute Gasteiger partial charge is 0.264 e. The van der Waals surface area contributed by atoms with Crippen molar-refractivity contribution in [2.24, 2.45) is 0 Å². The van der Waals surface area contributed by atoms with E-state index in [9.17, 15) is 18.0 Å². The van der Waals surface area contributed by atoms with Crippen LogP contribution in [0.2, 0.25) is 10.0 Å². The molecule has 0 aliphatic heterocycles. The second-order valence-corrected chi connectivity index (χ2v) is 14.0. The van der Waals surface area contributed by atoms with Gasteiger partial charge >= 0.3 is 0 Å². The van der Waals surface area contributed by atoms with E-state index in [1.807, 2.05) is 26.8 Å². The number of halogens is 2. The van der Waals surface area contributed by atoms with Gasteiger partial charge in [-0.25, -0.2) is 8.42 Å². The average Bonchev–Trinajstić information content (AvgIpc) is 2.97. The molecule has 2 amide bonds. The molecule has 1 atom stereocenters. The van der Waals surface area contributed by atoms with Crippen molar-refractivity contribution in [1.29, 1.82) is 0 Å². The number of sulfonamides is 1. The molecule has 3 aromatic carbocycles. The van der Waals surface area contributed by atoms with Crippen molar-refractivity contribution in [3.63, 3.8) is 0 Å². The van der Waals surface area contributed by atoms with E-state index in [2.05, 4.69) is 5.32 Å². The highest BCUT2D eigenvalue weighted by Gasteiger charge is 2.34. The number of rotatable bonds is 10. The number of nitrogens with zero attached hydrogens (tertiary/aromatic N) is 2. The Morgan fingerprint density at radius 2 is 1.53 bits per heavy atom. The largest absolute Gasteiger partial charge is 0.352 e. The Morgan fingerprint density at radius 3 is 2.14 bits per heavy atom. The second-order valence-electron chi connectivity index (χ2n) is 11.3. The molecule has 0 heterocycles. The first-order chi connectivity index (χ1) is 20.4. The molecule has 0 unspecified atom stereocenters. The lowest BCUT2D eigenvalue weighted by Crippen LogP contribution is -2.53. The molecule has 3 aromatic rings. The standard InChI is InChI=1S/C33H39Cl2N3O4S/c1-22-13-17-28(18-14-22)43(41,42)38(27-16-15-23(2)24(3)19-27)21-32(39)37(20-29-30(34)11-8-12-31(29)35)25(4)33(40)36-26-9-6-5-7-10-26/h8,11-19,25-26H,5-7,9-10,20-21H2,1-4H3,(H,36,40)/t25-/m1/s1. The highest BCUT2D eigenvalue weighted by molar-refractivity contribution is 7.92.